The van der Waals surface area contributed by atoms with Gasteiger partial charge in [0.15, 0.2) is 0 Å². The highest BCUT2D eigenvalue weighted by molar-refractivity contribution is 5.44. The second-order valence-corrected chi connectivity index (χ2v) is 5.56. The van der Waals surface area contributed by atoms with Crippen molar-refractivity contribution in [1.82, 2.24) is 15.3 Å². The van der Waals surface area contributed by atoms with E-state index in [1.165, 1.54) is 25.7 Å². The van der Waals surface area contributed by atoms with Crippen molar-refractivity contribution < 1.29 is 0 Å². The highest BCUT2D eigenvalue weighted by Crippen LogP contribution is 2.19. The molecule has 2 aliphatic rings. The van der Waals surface area contributed by atoms with E-state index in [0.29, 0.717) is 6.04 Å². The van der Waals surface area contributed by atoms with Crippen molar-refractivity contribution in [2.75, 3.05) is 36.4 Å². The Hall–Kier alpha value is -1.36. The lowest BCUT2D eigenvalue weighted by molar-refractivity contribution is 0.478. The predicted molar refractivity (Wildman–Crippen MR) is 77.7 cm³/mol. The maximum Gasteiger partial charge on any atom is 0.227 e. The summed E-state index contributed by atoms with van der Waals surface area (Å²) in [5.74, 6) is 1.88. The van der Waals surface area contributed by atoms with E-state index >= 15 is 0 Å². The molecule has 19 heavy (non-hydrogen) atoms. The molecule has 5 nitrogen and oxygen atoms in total. The van der Waals surface area contributed by atoms with Crippen LogP contribution < -0.4 is 15.5 Å². The Balaban J connectivity index is 1.73. The summed E-state index contributed by atoms with van der Waals surface area (Å²) >= 11 is 0. The molecule has 0 aliphatic carbocycles. The molecular formula is C14H23N5. The van der Waals surface area contributed by atoms with Crippen LogP contribution in [0.25, 0.3) is 0 Å². The minimum absolute atomic E-state index is 0.543. The first-order valence-electron chi connectivity index (χ1n) is 7.39. The predicted octanol–water partition coefficient (Wildman–Crippen LogP) is 1.55. The first-order valence-corrected chi connectivity index (χ1v) is 7.39. The lowest BCUT2D eigenvalue weighted by Gasteiger charge is -2.25. The fraction of sp³-hybridized carbons (Fsp3) is 0.714. The highest BCUT2D eigenvalue weighted by atomic mass is 15.3. The average Bonchev–Trinajstić information content (AvgIpc) is 2.93. The number of rotatable bonds is 3. The first-order chi connectivity index (χ1) is 9.31. The Kier molecular flexibility index (Phi) is 3.82. The molecular weight excluding hydrogens is 238 g/mol. The number of piperidine rings is 1. The molecule has 0 radical (unpaired) electrons. The standard InChI is InChI=1S/C14H23N5/c1-11-10-13(17-12-4-6-15-7-5-12)18-14(16-11)19-8-2-3-9-19/h10,12,15H,2-9H2,1H3,(H,16,17,18). The average molecular weight is 261 g/mol. The summed E-state index contributed by atoms with van der Waals surface area (Å²) in [4.78, 5) is 11.6. The van der Waals surface area contributed by atoms with E-state index in [-0.39, 0.29) is 0 Å². The van der Waals surface area contributed by atoms with Crippen LogP contribution in [0.3, 0.4) is 0 Å². The van der Waals surface area contributed by atoms with Gasteiger partial charge in [-0.2, -0.15) is 4.98 Å². The quantitative estimate of drug-likeness (QED) is 0.864. The summed E-state index contributed by atoms with van der Waals surface area (Å²) in [6.45, 7) is 6.43. The third kappa shape index (κ3) is 3.15. The molecule has 3 rings (SSSR count). The van der Waals surface area contributed by atoms with Gasteiger partial charge in [0, 0.05) is 30.9 Å². The number of aryl methyl sites for hydroxylation is 1. The van der Waals surface area contributed by atoms with E-state index in [4.69, 9.17) is 4.98 Å². The smallest absolute Gasteiger partial charge is 0.227 e. The second-order valence-electron chi connectivity index (χ2n) is 5.56. The lowest BCUT2D eigenvalue weighted by atomic mass is 10.1. The van der Waals surface area contributed by atoms with Crippen LogP contribution in [-0.4, -0.2) is 42.2 Å². The molecule has 0 saturated carbocycles. The van der Waals surface area contributed by atoms with E-state index in [1.807, 2.05) is 0 Å². The molecule has 1 aromatic rings. The van der Waals surface area contributed by atoms with Gasteiger partial charge in [-0.15, -0.1) is 0 Å². The SMILES string of the molecule is Cc1cc(NC2CCNCC2)nc(N2CCCC2)n1. The van der Waals surface area contributed by atoms with Gasteiger partial charge in [-0.3, -0.25) is 0 Å². The Bertz CT molecular complexity index is 422. The Morgan fingerprint density at radius 3 is 2.68 bits per heavy atom. The van der Waals surface area contributed by atoms with Crippen molar-refractivity contribution in [1.29, 1.82) is 0 Å². The number of hydrogen-bond donors (Lipinski definition) is 2. The summed E-state index contributed by atoms with van der Waals surface area (Å²) in [5, 5.41) is 6.95. The first kappa shape index (κ1) is 12.7. The third-order valence-corrected chi connectivity index (χ3v) is 3.92. The van der Waals surface area contributed by atoms with Crippen LogP contribution in [0.1, 0.15) is 31.4 Å². The summed E-state index contributed by atoms with van der Waals surface area (Å²) in [6.07, 6.45) is 4.85. The van der Waals surface area contributed by atoms with Crippen molar-refractivity contribution in [2.24, 2.45) is 0 Å². The number of anilines is 2. The summed E-state index contributed by atoms with van der Waals surface area (Å²) in [7, 11) is 0. The molecule has 2 saturated heterocycles. The molecule has 2 N–H and O–H groups in total. The second kappa shape index (κ2) is 5.74. The summed E-state index contributed by atoms with van der Waals surface area (Å²) in [5.41, 5.74) is 1.05. The molecule has 3 heterocycles. The van der Waals surface area contributed by atoms with Gasteiger partial charge in [-0.25, -0.2) is 4.98 Å². The van der Waals surface area contributed by atoms with Crippen molar-refractivity contribution in [3.8, 4) is 0 Å². The van der Waals surface area contributed by atoms with E-state index in [0.717, 1.165) is 43.6 Å². The molecule has 2 aliphatic heterocycles. The molecule has 0 aromatic carbocycles. The van der Waals surface area contributed by atoms with Gasteiger partial charge < -0.3 is 15.5 Å². The molecule has 0 spiro atoms. The topological polar surface area (TPSA) is 53.1 Å². The fourth-order valence-corrected chi connectivity index (χ4v) is 2.86. The van der Waals surface area contributed by atoms with Crippen LogP contribution in [0.5, 0.6) is 0 Å². The van der Waals surface area contributed by atoms with Gasteiger partial charge in [-0.1, -0.05) is 0 Å². The van der Waals surface area contributed by atoms with Crippen molar-refractivity contribution in [3.05, 3.63) is 11.8 Å². The Morgan fingerprint density at radius 1 is 1.21 bits per heavy atom. The summed E-state index contributed by atoms with van der Waals surface area (Å²) in [6, 6.07) is 2.60. The molecule has 2 fully saturated rings. The number of aromatic nitrogens is 2. The Labute approximate surface area is 114 Å². The monoisotopic (exact) mass is 261 g/mol. The minimum atomic E-state index is 0.543. The van der Waals surface area contributed by atoms with Gasteiger partial charge >= 0.3 is 0 Å². The largest absolute Gasteiger partial charge is 0.367 e. The van der Waals surface area contributed by atoms with Crippen molar-refractivity contribution in [2.45, 2.75) is 38.6 Å². The van der Waals surface area contributed by atoms with Gasteiger partial charge in [0.1, 0.15) is 5.82 Å². The van der Waals surface area contributed by atoms with Crippen LogP contribution in [0.15, 0.2) is 6.07 Å². The zero-order chi connectivity index (χ0) is 13.1. The molecule has 0 unspecified atom stereocenters. The van der Waals surface area contributed by atoms with Crippen LogP contribution >= 0.6 is 0 Å². The number of nitrogens with zero attached hydrogens (tertiary/aromatic N) is 3. The van der Waals surface area contributed by atoms with Gasteiger partial charge in [0.2, 0.25) is 5.95 Å². The number of nitrogens with one attached hydrogen (secondary N) is 2. The van der Waals surface area contributed by atoms with E-state index in [1.54, 1.807) is 0 Å². The molecule has 0 bridgehead atoms. The molecule has 5 heteroatoms. The minimum Gasteiger partial charge on any atom is -0.367 e. The van der Waals surface area contributed by atoms with Crippen LogP contribution in [0.2, 0.25) is 0 Å². The summed E-state index contributed by atoms with van der Waals surface area (Å²) < 4.78 is 0. The van der Waals surface area contributed by atoms with Crippen molar-refractivity contribution in [3.63, 3.8) is 0 Å². The van der Waals surface area contributed by atoms with E-state index < -0.39 is 0 Å². The Morgan fingerprint density at radius 2 is 1.95 bits per heavy atom. The molecule has 0 atom stereocenters. The van der Waals surface area contributed by atoms with Crippen LogP contribution in [0, 0.1) is 6.92 Å². The van der Waals surface area contributed by atoms with E-state index in [2.05, 4.69) is 33.5 Å². The molecule has 104 valence electrons. The maximum atomic E-state index is 4.69. The van der Waals surface area contributed by atoms with Crippen LogP contribution in [-0.2, 0) is 0 Å². The zero-order valence-corrected chi connectivity index (χ0v) is 11.7. The number of hydrogen-bond acceptors (Lipinski definition) is 5. The molecule has 0 amide bonds. The molecule has 1 aromatic heterocycles. The van der Waals surface area contributed by atoms with Crippen molar-refractivity contribution >= 4 is 11.8 Å². The van der Waals surface area contributed by atoms with Gasteiger partial charge in [0.05, 0.1) is 0 Å². The van der Waals surface area contributed by atoms with E-state index in [9.17, 15) is 0 Å². The highest BCUT2D eigenvalue weighted by Gasteiger charge is 2.17. The van der Waals surface area contributed by atoms with Gasteiger partial charge in [0.25, 0.3) is 0 Å². The maximum absolute atomic E-state index is 4.69. The normalized spacial score (nSPS) is 20.8. The zero-order valence-electron chi connectivity index (χ0n) is 11.7. The van der Waals surface area contributed by atoms with Crippen LogP contribution in [0.4, 0.5) is 11.8 Å². The third-order valence-electron chi connectivity index (χ3n) is 3.92. The lowest BCUT2D eigenvalue weighted by Crippen LogP contribution is -2.35. The van der Waals surface area contributed by atoms with Gasteiger partial charge in [-0.05, 0) is 45.7 Å². The fourth-order valence-electron chi connectivity index (χ4n) is 2.86.